The molecule has 0 bridgehead atoms. The number of hydrogen-bond donors (Lipinski definition) is 2. The number of aliphatic hydroxyl groups is 1. The summed E-state index contributed by atoms with van der Waals surface area (Å²) < 4.78 is 0. The number of rotatable bonds is 1. The normalized spacial score (nSPS) is 18.3. The molecule has 0 saturated carbocycles. The van der Waals surface area contributed by atoms with Crippen LogP contribution < -0.4 is 5.32 Å². The summed E-state index contributed by atoms with van der Waals surface area (Å²) in [5, 5.41) is 11.9. The SMILES string of the molecule is CNC1=CC=C(O)CC1. The molecule has 0 radical (unpaired) electrons. The van der Waals surface area contributed by atoms with Gasteiger partial charge in [-0.2, -0.15) is 0 Å². The molecule has 0 saturated heterocycles. The summed E-state index contributed by atoms with van der Waals surface area (Å²) in [6, 6.07) is 0. The second-order valence-electron chi connectivity index (χ2n) is 2.10. The Morgan fingerprint density at radius 2 is 2.22 bits per heavy atom. The van der Waals surface area contributed by atoms with Crippen molar-refractivity contribution in [1.29, 1.82) is 0 Å². The van der Waals surface area contributed by atoms with Gasteiger partial charge in [-0.05, 0) is 18.6 Å². The van der Waals surface area contributed by atoms with E-state index in [2.05, 4.69) is 5.32 Å². The molecule has 2 N–H and O–H groups in total. The zero-order valence-electron chi connectivity index (χ0n) is 5.52. The van der Waals surface area contributed by atoms with Crippen molar-refractivity contribution in [2.24, 2.45) is 0 Å². The van der Waals surface area contributed by atoms with Crippen LogP contribution in [0.15, 0.2) is 23.6 Å². The van der Waals surface area contributed by atoms with Crippen LogP contribution in [0.3, 0.4) is 0 Å². The topological polar surface area (TPSA) is 32.3 Å². The van der Waals surface area contributed by atoms with Crippen molar-refractivity contribution in [3.05, 3.63) is 23.6 Å². The van der Waals surface area contributed by atoms with Crippen molar-refractivity contribution in [1.82, 2.24) is 5.32 Å². The molecule has 0 aliphatic heterocycles. The van der Waals surface area contributed by atoms with Gasteiger partial charge in [0.05, 0.1) is 5.76 Å². The molecule has 0 unspecified atom stereocenters. The van der Waals surface area contributed by atoms with E-state index >= 15 is 0 Å². The van der Waals surface area contributed by atoms with Gasteiger partial charge in [-0.15, -0.1) is 0 Å². The molecule has 2 heteroatoms. The summed E-state index contributed by atoms with van der Waals surface area (Å²) in [5.74, 6) is 0.481. The Bertz CT molecular complexity index is 158. The van der Waals surface area contributed by atoms with E-state index in [1.807, 2.05) is 13.1 Å². The maximum absolute atomic E-state index is 8.91. The number of aliphatic hydroxyl groups excluding tert-OH is 1. The Morgan fingerprint density at radius 3 is 2.67 bits per heavy atom. The Kier molecular flexibility index (Phi) is 1.78. The highest BCUT2D eigenvalue weighted by molar-refractivity contribution is 5.18. The van der Waals surface area contributed by atoms with Gasteiger partial charge in [0.1, 0.15) is 0 Å². The Hall–Kier alpha value is -0.920. The van der Waals surface area contributed by atoms with Gasteiger partial charge in [0.2, 0.25) is 0 Å². The molecule has 0 amide bonds. The third kappa shape index (κ3) is 1.49. The Balaban J connectivity index is 2.59. The van der Waals surface area contributed by atoms with Crippen molar-refractivity contribution >= 4 is 0 Å². The molecule has 1 aliphatic rings. The van der Waals surface area contributed by atoms with Crippen molar-refractivity contribution in [3.8, 4) is 0 Å². The largest absolute Gasteiger partial charge is 0.512 e. The minimum atomic E-state index is 0.481. The van der Waals surface area contributed by atoms with Gasteiger partial charge in [0.25, 0.3) is 0 Å². The van der Waals surface area contributed by atoms with Crippen LogP contribution in [0.5, 0.6) is 0 Å². The van der Waals surface area contributed by atoms with Crippen LogP contribution in [-0.2, 0) is 0 Å². The van der Waals surface area contributed by atoms with Crippen LogP contribution in [0.1, 0.15) is 12.8 Å². The fourth-order valence-corrected chi connectivity index (χ4v) is 0.835. The average molecular weight is 125 g/mol. The van der Waals surface area contributed by atoms with Gasteiger partial charge < -0.3 is 10.4 Å². The van der Waals surface area contributed by atoms with Gasteiger partial charge in [0, 0.05) is 19.2 Å². The average Bonchev–Trinajstić information content (AvgIpc) is 1.90. The third-order valence-electron chi connectivity index (χ3n) is 1.45. The molecular weight excluding hydrogens is 114 g/mol. The molecule has 1 rings (SSSR count). The first kappa shape index (κ1) is 6.20. The first-order chi connectivity index (χ1) is 4.33. The third-order valence-corrected chi connectivity index (χ3v) is 1.45. The lowest BCUT2D eigenvalue weighted by atomic mass is 10.1. The van der Waals surface area contributed by atoms with E-state index in [0.717, 1.165) is 12.8 Å². The molecule has 1 aliphatic carbocycles. The lowest BCUT2D eigenvalue weighted by Gasteiger charge is -2.09. The van der Waals surface area contributed by atoms with E-state index in [9.17, 15) is 0 Å². The number of nitrogens with one attached hydrogen (secondary N) is 1. The first-order valence-corrected chi connectivity index (χ1v) is 3.09. The number of hydrogen-bond acceptors (Lipinski definition) is 2. The highest BCUT2D eigenvalue weighted by atomic mass is 16.3. The molecule has 2 nitrogen and oxygen atoms in total. The van der Waals surface area contributed by atoms with E-state index < -0.39 is 0 Å². The molecule has 0 aromatic carbocycles. The molecule has 0 fully saturated rings. The molecule has 9 heavy (non-hydrogen) atoms. The van der Waals surface area contributed by atoms with Crippen LogP contribution in [0.2, 0.25) is 0 Å². The molecule has 0 aromatic rings. The van der Waals surface area contributed by atoms with Crippen LogP contribution >= 0.6 is 0 Å². The van der Waals surface area contributed by atoms with Crippen LogP contribution in [-0.4, -0.2) is 12.2 Å². The number of allylic oxidation sites excluding steroid dienone is 4. The highest BCUT2D eigenvalue weighted by Crippen LogP contribution is 2.12. The van der Waals surface area contributed by atoms with Gasteiger partial charge >= 0.3 is 0 Å². The fraction of sp³-hybridized carbons (Fsp3) is 0.429. The predicted octanol–water partition coefficient (Wildman–Crippen LogP) is 1.33. The molecular formula is C7H11NO. The minimum Gasteiger partial charge on any atom is -0.512 e. The molecule has 0 spiro atoms. The maximum atomic E-state index is 8.91. The molecule has 0 aromatic heterocycles. The smallest absolute Gasteiger partial charge is 0.0927 e. The fourth-order valence-electron chi connectivity index (χ4n) is 0.835. The van der Waals surface area contributed by atoms with Crippen molar-refractivity contribution in [2.75, 3.05) is 7.05 Å². The van der Waals surface area contributed by atoms with Gasteiger partial charge in [0.15, 0.2) is 0 Å². The monoisotopic (exact) mass is 125 g/mol. The summed E-state index contributed by atoms with van der Waals surface area (Å²) >= 11 is 0. The van der Waals surface area contributed by atoms with Crippen molar-refractivity contribution in [3.63, 3.8) is 0 Å². The van der Waals surface area contributed by atoms with Gasteiger partial charge in [-0.1, -0.05) is 0 Å². The van der Waals surface area contributed by atoms with E-state index in [0.29, 0.717) is 5.76 Å². The van der Waals surface area contributed by atoms with Crippen LogP contribution in [0.25, 0.3) is 0 Å². The minimum absolute atomic E-state index is 0.481. The lowest BCUT2D eigenvalue weighted by molar-refractivity contribution is 0.384. The van der Waals surface area contributed by atoms with Crippen LogP contribution in [0.4, 0.5) is 0 Å². The molecule has 50 valence electrons. The van der Waals surface area contributed by atoms with E-state index in [-0.39, 0.29) is 0 Å². The summed E-state index contributed by atoms with van der Waals surface area (Å²) in [6.07, 6.45) is 5.33. The Morgan fingerprint density at radius 1 is 1.44 bits per heavy atom. The van der Waals surface area contributed by atoms with E-state index in [1.54, 1.807) is 6.08 Å². The standard InChI is InChI=1S/C7H11NO/c1-8-6-2-4-7(9)5-3-6/h2,4,8-9H,3,5H2,1H3. The van der Waals surface area contributed by atoms with E-state index in [1.165, 1.54) is 5.70 Å². The van der Waals surface area contributed by atoms with Crippen LogP contribution in [0, 0.1) is 0 Å². The summed E-state index contributed by atoms with van der Waals surface area (Å²) in [7, 11) is 1.89. The second kappa shape index (κ2) is 2.58. The van der Waals surface area contributed by atoms with E-state index in [4.69, 9.17) is 5.11 Å². The molecule has 0 heterocycles. The summed E-state index contributed by atoms with van der Waals surface area (Å²) in [6.45, 7) is 0. The van der Waals surface area contributed by atoms with Crippen molar-refractivity contribution in [2.45, 2.75) is 12.8 Å². The van der Waals surface area contributed by atoms with Gasteiger partial charge in [-0.3, -0.25) is 0 Å². The predicted molar refractivity (Wildman–Crippen MR) is 37.1 cm³/mol. The Labute approximate surface area is 54.9 Å². The van der Waals surface area contributed by atoms with Crippen molar-refractivity contribution < 1.29 is 5.11 Å². The summed E-state index contributed by atoms with van der Waals surface area (Å²) in [5.41, 5.74) is 1.19. The lowest BCUT2D eigenvalue weighted by Crippen LogP contribution is -2.07. The zero-order valence-corrected chi connectivity index (χ0v) is 5.52. The highest BCUT2D eigenvalue weighted by Gasteiger charge is 2.01. The zero-order chi connectivity index (χ0) is 6.69. The van der Waals surface area contributed by atoms with Gasteiger partial charge in [-0.25, -0.2) is 0 Å². The first-order valence-electron chi connectivity index (χ1n) is 3.09. The summed E-state index contributed by atoms with van der Waals surface area (Å²) in [4.78, 5) is 0. The quantitative estimate of drug-likeness (QED) is 0.554. The molecule has 0 atom stereocenters. The maximum Gasteiger partial charge on any atom is 0.0927 e. The second-order valence-corrected chi connectivity index (χ2v) is 2.10.